The minimum absolute atomic E-state index is 0.873. The van der Waals surface area contributed by atoms with Crippen LogP contribution in [0.1, 0.15) is 27.2 Å². The summed E-state index contributed by atoms with van der Waals surface area (Å²) in [5.41, 5.74) is 3.24. The van der Waals surface area contributed by atoms with E-state index in [9.17, 15) is 0 Å². The number of likely N-dealkylation sites (N-methyl/N-ethyl adjacent to an activating group) is 1. The zero-order chi connectivity index (χ0) is 11.7. The molecule has 0 aromatic rings. The van der Waals surface area contributed by atoms with Gasteiger partial charge >= 0.3 is 0 Å². The lowest BCUT2D eigenvalue weighted by Gasteiger charge is -2.01. The van der Waals surface area contributed by atoms with Gasteiger partial charge in [-0.2, -0.15) is 0 Å². The van der Waals surface area contributed by atoms with Crippen molar-refractivity contribution in [3.05, 3.63) is 36.1 Å². The van der Waals surface area contributed by atoms with Crippen LogP contribution in [0, 0.1) is 0 Å². The second-order valence-electron chi connectivity index (χ2n) is 3.43. The van der Waals surface area contributed by atoms with Crippen LogP contribution in [0.5, 0.6) is 0 Å². The normalized spacial score (nSPS) is 14.3. The largest absolute Gasteiger partial charge is 0.316 e. The molecule has 0 bridgehead atoms. The monoisotopic (exact) mass is 206 g/mol. The van der Waals surface area contributed by atoms with E-state index in [0.717, 1.165) is 29.9 Å². The third-order valence-electron chi connectivity index (χ3n) is 2.11. The zero-order valence-corrected chi connectivity index (χ0v) is 10.3. The van der Waals surface area contributed by atoms with Crippen LogP contribution in [0.2, 0.25) is 0 Å². The van der Waals surface area contributed by atoms with Crippen molar-refractivity contribution >= 4 is 5.71 Å². The number of aliphatic imine (C=N–C) groups is 1. The average Bonchev–Trinajstić information content (AvgIpc) is 2.25. The molecular weight excluding hydrogens is 184 g/mol. The van der Waals surface area contributed by atoms with Gasteiger partial charge in [0.1, 0.15) is 0 Å². The summed E-state index contributed by atoms with van der Waals surface area (Å²) < 4.78 is 0. The Bertz CT molecular complexity index is 283. The van der Waals surface area contributed by atoms with Gasteiger partial charge in [-0.15, -0.1) is 0 Å². The zero-order valence-electron chi connectivity index (χ0n) is 10.3. The van der Waals surface area contributed by atoms with Gasteiger partial charge in [-0.05, 0) is 39.0 Å². The van der Waals surface area contributed by atoms with Crippen LogP contribution in [0.15, 0.2) is 41.1 Å². The molecule has 0 unspecified atom stereocenters. The lowest BCUT2D eigenvalue weighted by atomic mass is 10.2. The summed E-state index contributed by atoms with van der Waals surface area (Å²) in [6.45, 7) is 10.8. The fraction of sp³-hybridized carbons (Fsp3) is 0.462. The molecule has 0 aromatic heterocycles. The van der Waals surface area contributed by atoms with Crippen LogP contribution >= 0.6 is 0 Å². The first kappa shape index (κ1) is 13.8. The minimum Gasteiger partial charge on any atom is -0.316 e. The van der Waals surface area contributed by atoms with Gasteiger partial charge in [0, 0.05) is 12.3 Å². The summed E-state index contributed by atoms with van der Waals surface area (Å²) in [4.78, 5) is 4.50. The number of allylic oxidation sites excluding steroid dienone is 3. The lowest BCUT2D eigenvalue weighted by Crippen LogP contribution is -2.03. The third kappa shape index (κ3) is 6.02. The van der Waals surface area contributed by atoms with E-state index in [-0.39, 0.29) is 0 Å². The first-order chi connectivity index (χ1) is 7.15. The van der Waals surface area contributed by atoms with Crippen LogP contribution in [-0.2, 0) is 0 Å². The van der Waals surface area contributed by atoms with Crippen molar-refractivity contribution in [3.8, 4) is 0 Å². The van der Waals surface area contributed by atoms with Gasteiger partial charge in [0.25, 0.3) is 0 Å². The Kier molecular flexibility index (Phi) is 7.56. The van der Waals surface area contributed by atoms with Gasteiger partial charge in [-0.3, -0.25) is 4.99 Å². The molecule has 0 saturated carbocycles. The third-order valence-corrected chi connectivity index (χ3v) is 2.11. The molecule has 0 aliphatic heterocycles. The van der Waals surface area contributed by atoms with Crippen molar-refractivity contribution in [2.45, 2.75) is 27.2 Å². The Hall–Kier alpha value is -1.15. The van der Waals surface area contributed by atoms with Gasteiger partial charge in [0.05, 0.1) is 5.70 Å². The number of rotatable bonds is 6. The summed E-state index contributed by atoms with van der Waals surface area (Å²) in [5, 5.41) is 3.06. The number of hydrogen-bond donors (Lipinski definition) is 1. The first-order valence-electron chi connectivity index (χ1n) is 5.34. The van der Waals surface area contributed by atoms with Crippen LogP contribution < -0.4 is 5.32 Å². The standard InChI is InChI=1S/C13H22N2/c1-6-12(4)15-13(7-2)11(3)9-8-10-14-5/h7-9,14H,2,6,10H2,1,3-5H3/b9-8-,13-11+,15-12?. The SMILES string of the molecule is C=C/C(N=C(C)CC)=C(C)\C=C/CNC. The van der Waals surface area contributed by atoms with Crippen molar-refractivity contribution in [2.75, 3.05) is 13.6 Å². The van der Waals surface area contributed by atoms with Crippen LogP contribution in [-0.4, -0.2) is 19.3 Å². The molecule has 0 amide bonds. The van der Waals surface area contributed by atoms with Gasteiger partial charge in [0.2, 0.25) is 0 Å². The molecule has 0 spiro atoms. The van der Waals surface area contributed by atoms with E-state index in [1.807, 2.05) is 14.0 Å². The topological polar surface area (TPSA) is 24.4 Å². The van der Waals surface area contributed by atoms with Crippen LogP contribution in [0.3, 0.4) is 0 Å². The average molecular weight is 206 g/mol. The van der Waals surface area contributed by atoms with E-state index < -0.39 is 0 Å². The molecule has 0 rings (SSSR count). The highest BCUT2D eigenvalue weighted by Crippen LogP contribution is 2.09. The van der Waals surface area contributed by atoms with Gasteiger partial charge < -0.3 is 5.32 Å². The van der Waals surface area contributed by atoms with Crippen LogP contribution in [0.4, 0.5) is 0 Å². The number of nitrogens with one attached hydrogen (secondary N) is 1. The number of hydrogen-bond acceptors (Lipinski definition) is 2. The van der Waals surface area contributed by atoms with E-state index in [4.69, 9.17) is 0 Å². The fourth-order valence-corrected chi connectivity index (χ4v) is 1.02. The molecule has 0 radical (unpaired) electrons. The smallest absolute Gasteiger partial charge is 0.0652 e. The maximum atomic E-state index is 4.50. The lowest BCUT2D eigenvalue weighted by molar-refractivity contribution is 0.918. The highest BCUT2D eigenvalue weighted by atomic mass is 14.8. The molecule has 15 heavy (non-hydrogen) atoms. The van der Waals surface area contributed by atoms with Crippen molar-refractivity contribution < 1.29 is 0 Å². The van der Waals surface area contributed by atoms with Crippen molar-refractivity contribution in [1.82, 2.24) is 5.32 Å². The summed E-state index contributed by atoms with van der Waals surface area (Å²) in [6, 6.07) is 0. The molecule has 0 fully saturated rings. The molecule has 2 nitrogen and oxygen atoms in total. The maximum absolute atomic E-state index is 4.50. The molecule has 0 atom stereocenters. The molecule has 0 heterocycles. The summed E-state index contributed by atoms with van der Waals surface area (Å²) >= 11 is 0. The van der Waals surface area contributed by atoms with Gasteiger partial charge in [0.15, 0.2) is 0 Å². The minimum atomic E-state index is 0.873. The van der Waals surface area contributed by atoms with E-state index in [2.05, 4.69) is 42.9 Å². The Morgan fingerprint density at radius 1 is 1.40 bits per heavy atom. The Morgan fingerprint density at radius 2 is 2.07 bits per heavy atom. The quantitative estimate of drug-likeness (QED) is 0.524. The van der Waals surface area contributed by atoms with E-state index in [1.54, 1.807) is 6.08 Å². The molecule has 1 N–H and O–H groups in total. The molecule has 0 aliphatic rings. The van der Waals surface area contributed by atoms with Crippen LogP contribution in [0.25, 0.3) is 0 Å². The second kappa shape index (κ2) is 8.18. The molecule has 0 saturated heterocycles. The fourth-order valence-electron chi connectivity index (χ4n) is 1.02. The molecule has 2 heteroatoms. The Morgan fingerprint density at radius 3 is 2.53 bits per heavy atom. The van der Waals surface area contributed by atoms with Gasteiger partial charge in [-0.1, -0.05) is 25.7 Å². The molecular formula is C13H22N2. The summed E-state index contributed by atoms with van der Waals surface area (Å²) in [6.07, 6.45) is 6.93. The maximum Gasteiger partial charge on any atom is 0.0652 e. The molecule has 0 aliphatic carbocycles. The highest BCUT2D eigenvalue weighted by molar-refractivity contribution is 5.82. The Labute approximate surface area is 93.5 Å². The number of nitrogens with zero attached hydrogens (tertiary/aromatic N) is 1. The summed E-state index contributed by atoms with van der Waals surface area (Å²) in [5.74, 6) is 0. The van der Waals surface area contributed by atoms with Gasteiger partial charge in [-0.25, -0.2) is 0 Å². The first-order valence-corrected chi connectivity index (χ1v) is 5.34. The van der Waals surface area contributed by atoms with Crippen molar-refractivity contribution in [2.24, 2.45) is 4.99 Å². The van der Waals surface area contributed by atoms with E-state index in [0.29, 0.717) is 0 Å². The predicted molar refractivity (Wildman–Crippen MR) is 69.4 cm³/mol. The van der Waals surface area contributed by atoms with E-state index in [1.165, 1.54) is 0 Å². The second-order valence-corrected chi connectivity index (χ2v) is 3.43. The Balaban J connectivity index is 4.74. The van der Waals surface area contributed by atoms with Crippen molar-refractivity contribution in [3.63, 3.8) is 0 Å². The summed E-state index contributed by atoms with van der Waals surface area (Å²) in [7, 11) is 1.93. The van der Waals surface area contributed by atoms with E-state index >= 15 is 0 Å². The predicted octanol–water partition coefficient (Wildman–Crippen LogP) is 3.09. The molecule has 84 valence electrons. The molecule has 0 aromatic carbocycles. The van der Waals surface area contributed by atoms with Crippen molar-refractivity contribution in [1.29, 1.82) is 0 Å². The highest BCUT2D eigenvalue weighted by Gasteiger charge is 1.94.